The molecule has 0 saturated carbocycles. The van der Waals surface area contributed by atoms with E-state index in [1.54, 1.807) is 26.0 Å². The van der Waals surface area contributed by atoms with E-state index >= 15 is 0 Å². The minimum atomic E-state index is -3.69. The number of aliphatic hydroxyl groups excluding tert-OH is 1. The Balaban J connectivity index is 2.09. The minimum Gasteiger partial charge on any atom is -0.508 e. The van der Waals surface area contributed by atoms with Crippen molar-refractivity contribution in [2.75, 3.05) is 33.4 Å². The molecule has 0 unspecified atom stereocenters. The molecule has 1 saturated heterocycles. The maximum absolute atomic E-state index is 12.9. The summed E-state index contributed by atoms with van der Waals surface area (Å²) in [5.41, 5.74) is 0.605. The first-order valence-electron chi connectivity index (χ1n) is 10.8. The lowest BCUT2D eigenvalue weighted by molar-refractivity contribution is -0.140. The van der Waals surface area contributed by atoms with Gasteiger partial charge in [0.15, 0.2) is 0 Å². The van der Waals surface area contributed by atoms with Crippen molar-refractivity contribution in [3.8, 4) is 5.75 Å². The van der Waals surface area contributed by atoms with Crippen molar-refractivity contribution in [1.82, 2.24) is 9.21 Å². The quantitative estimate of drug-likeness (QED) is 0.316. The molecule has 34 heavy (non-hydrogen) atoms. The van der Waals surface area contributed by atoms with Crippen molar-refractivity contribution in [2.45, 2.75) is 24.8 Å². The van der Waals surface area contributed by atoms with Crippen LogP contribution < -0.4 is 0 Å². The summed E-state index contributed by atoms with van der Waals surface area (Å²) < 4.78 is 31.9. The maximum atomic E-state index is 12.9. The summed E-state index contributed by atoms with van der Waals surface area (Å²) in [5.74, 6) is -2.03. The van der Waals surface area contributed by atoms with E-state index < -0.39 is 33.5 Å². The molecule has 2 aromatic rings. The molecule has 0 aliphatic carbocycles. The predicted octanol–water partition coefficient (Wildman–Crippen LogP) is 2.49. The molecule has 1 heterocycles. The van der Waals surface area contributed by atoms with E-state index in [0.717, 1.165) is 0 Å². The van der Waals surface area contributed by atoms with Crippen LogP contribution in [0.5, 0.6) is 5.75 Å². The Morgan fingerprint density at radius 2 is 1.62 bits per heavy atom. The van der Waals surface area contributed by atoms with Crippen LogP contribution in [0.2, 0.25) is 0 Å². The normalized spacial score (nSPS) is 18.1. The van der Waals surface area contributed by atoms with Gasteiger partial charge in [0.2, 0.25) is 10.0 Å². The third-order valence-corrected chi connectivity index (χ3v) is 7.82. The van der Waals surface area contributed by atoms with E-state index in [-0.39, 0.29) is 34.9 Å². The molecule has 10 heteroatoms. The van der Waals surface area contributed by atoms with Gasteiger partial charge in [0.05, 0.1) is 23.1 Å². The highest BCUT2D eigenvalue weighted by atomic mass is 32.2. The van der Waals surface area contributed by atoms with E-state index in [4.69, 9.17) is 4.74 Å². The zero-order valence-electron chi connectivity index (χ0n) is 19.3. The van der Waals surface area contributed by atoms with Gasteiger partial charge in [0, 0.05) is 32.3 Å². The van der Waals surface area contributed by atoms with Crippen LogP contribution in [0.1, 0.15) is 31.0 Å². The van der Waals surface area contributed by atoms with Crippen LogP contribution in [-0.2, 0) is 24.3 Å². The Kier molecular flexibility index (Phi) is 7.75. The van der Waals surface area contributed by atoms with Crippen LogP contribution in [-0.4, -0.2) is 72.9 Å². The van der Waals surface area contributed by atoms with Crippen LogP contribution in [0.3, 0.4) is 0 Å². The van der Waals surface area contributed by atoms with Gasteiger partial charge in [-0.05, 0) is 42.0 Å². The number of Topliss-reactive ketones (excluding diaryl/α,β-unsaturated/α-hetero) is 1. The van der Waals surface area contributed by atoms with Crippen LogP contribution in [0.4, 0.5) is 0 Å². The van der Waals surface area contributed by atoms with E-state index in [2.05, 4.69) is 0 Å². The van der Waals surface area contributed by atoms with Crippen LogP contribution >= 0.6 is 0 Å². The smallest absolute Gasteiger partial charge is 0.295 e. The second kappa shape index (κ2) is 10.4. The molecule has 2 N–H and O–H groups in total. The predicted molar refractivity (Wildman–Crippen MR) is 126 cm³/mol. The van der Waals surface area contributed by atoms with E-state index in [0.29, 0.717) is 18.7 Å². The average molecular weight is 489 g/mol. The van der Waals surface area contributed by atoms with E-state index in [1.165, 1.54) is 52.7 Å². The van der Waals surface area contributed by atoms with Gasteiger partial charge >= 0.3 is 0 Å². The molecule has 1 atom stereocenters. The summed E-state index contributed by atoms with van der Waals surface area (Å²) >= 11 is 0. The van der Waals surface area contributed by atoms with Gasteiger partial charge in [-0.15, -0.1) is 0 Å². The number of rotatable bonds is 9. The first-order valence-corrected chi connectivity index (χ1v) is 12.3. The molecule has 1 aliphatic rings. The topological polar surface area (TPSA) is 124 Å². The second-order valence-corrected chi connectivity index (χ2v) is 9.63. The van der Waals surface area contributed by atoms with Crippen molar-refractivity contribution in [2.24, 2.45) is 0 Å². The number of phenols is 1. The molecule has 182 valence electrons. The number of ketones is 1. The molecule has 0 spiro atoms. The SMILES string of the molecule is CCN(CC)S(=O)(=O)c1ccc(/C(O)=C2\C(=O)C(=O)N(CCOC)[C@@H]2c2ccc(O)cc2)cc1. The Morgan fingerprint density at radius 1 is 1.03 bits per heavy atom. The number of carbonyl (C=O) groups excluding carboxylic acids is 2. The van der Waals surface area contributed by atoms with Crippen LogP contribution in [0, 0.1) is 0 Å². The van der Waals surface area contributed by atoms with Gasteiger partial charge in [-0.25, -0.2) is 8.42 Å². The molecular weight excluding hydrogens is 460 g/mol. The maximum Gasteiger partial charge on any atom is 0.295 e. The van der Waals surface area contributed by atoms with Crippen molar-refractivity contribution < 1.29 is 33.0 Å². The van der Waals surface area contributed by atoms with Gasteiger partial charge in [-0.1, -0.05) is 26.0 Å². The zero-order chi connectivity index (χ0) is 25.0. The summed E-state index contributed by atoms with van der Waals surface area (Å²) in [4.78, 5) is 27.1. The van der Waals surface area contributed by atoms with Gasteiger partial charge in [0.25, 0.3) is 11.7 Å². The fourth-order valence-corrected chi connectivity index (χ4v) is 5.41. The first kappa shape index (κ1) is 25.4. The summed E-state index contributed by atoms with van der Waals surface area (Å²) in [6, 6.07) is 10.6. The molecule has 9 nitrogen and oxygen atoms in total. The fourth-order valence-electron chi connectivity index (χ4n) is 3.96. The number of benzene rings is 2. The lowest BCUT2D eigenvalue weighted by Crippen LogP contribution is -2.32. The number of ether oxygens (including phenoxy) is 1. The van der Waals surface area contributed by atoms with Gasteiger partial charge in [0.1, 0.15) is 11.5 Å². The molecular formula is C24H28N2O7S. The minimum absolute atomic E-state index is 0.0163. The average Bonchev–Trinajstić information content (AvgIpc) is 3.08. The third kappa shape index (κ3) is 4.70. The van der Waals surface area contributed by atoms with Crippen molar-refractivity contribution in [3.05, 3.63) is 65.2 Å². The lowest BCUT2D eigenvalue weighted by Gasteiger charge is -2.25. The number of sulfonamides is 1. The highest BCUT2D eigenvalue weighted by Gasteiger charge is 2.45. The highest BCUT2D eigenvalue weighted by molar-refractivity contribution is 7.89. The second-order valence-electron chi connectivity index (χ2n) is 7.69. The standard InChI is InChI=1S/C24H28N2O7S/c1-4-25(5-2)34(31,32)19-12-8-17(9-13-19)22(28)20-21(16-6-10-18(27)11-7-16)26(14-15-33-3)24(30)23(20)29/h6-13,21,27-28H,4-5,14-15H2,1-3H3/b22-20+/t21-/m1/s1. The molecule has 0 aromatic heterocycles. The van der Waals surface area contributed by atoms with Crippen molar-refractivity contribution >= 4 is 27.5 Å². The number of aliphatic hydroxyl groups is 1. The Morgan fingerprint density at radius 3 is 2.15 bits per heavy atom. The van der Waals surface area contributed by atoms with Gasteiger partial charge < -0.3 is 19.8 Å². The van der Waals surface area contributed by atoms with Gasteiger partial charge in [-0.3, -0.25) is 9.59 Å². The van der Waals surface area contributed by atoms with E-state index in [1.807, 2.05) is 0 Å². The number of methoxy groups -OCH3 is 1. The number of nitrogens with zero attached hydrogens (tertiary/aromatic N) is 2. The Hall–Kier alpha value is -3.21. The molecule has 1 amide bonds. The van der Waals surface area contributed by atoms with Crippen molar-refractivity contribution in [1.29, 1.82) is 0 Å². The summed E-state index contributed by atoms with van der Waals surface area (Å²) in [6.45, 7) is 4.42. The number of carbonyl (C=O) groups is 2. The number of phenolic OH excluding ortho intramolecular Hbond substituents is 1. The molecule has 1 aliphatic heterocycles. The Bertz CT molecular complexity index is 1180. The number of hydrogen-bond acceptors (Lipinski definition) is 7. The van der Waals surface area contributed by atoms with Crippen molar-refractivity contribution in [3.63, 3.8) is 0 Å². The van der Waals surface area contributed by atoms with E-state index in [9.17, 15) is 28.2 Å². The monoisotopic (exact) mass is 488 g/mol. The fraction of sp³-hybridized carbons (Fsp3) is 0.333. The third-order valence-electron chi connectivity index (χ3n) is 5.76. The summed E-state index contributed by atoms with van der Waals surface area (Å²) in [5, 5.41) is 20.7. The number of aromatic hydroxyl groups is 1. The molecule has 2 aromatic carbocycles. The number of amides is 1. The molecule has 1 fully saturated rings. The lowest BCUT2D eigenvalue weighted by atomic mass is 9.95. The molecule has 0 bridgehead atoms. The number of hydrogen-bond donors (Lipinski definition) is 2. The van der Waals surface area contributed by atoms with Crippen LogP contribution in [0.15, 0.2) is 59.0 Å². The highest BCUT2D eigenvalue weighted by Crippen LogP contribution is 2.39. The first-order chi connectivity index (χ1) is 16.2. The molecule has 3 rings (SSSR count). The number of likely N-dealkylation sites (tertiary alicyclic amines) is 1. The Labute approximate surface area is 198 Å². The van der Waals surface area contributed by atoms with Crippen LogP contribution in [0.25, 0.3) is 5.76 Å². The zero-order valence-corrected chi connectivity index (χ0v) is 20.1. The molecule has 0 radical (unpaired) electrons. The summed E-state index contributed by atoms with van der Waals surface area (Å²) in [6.07, 6.45) is 0. The summed E-state index contributed by atoms with van der Waals surface area (Å²) in [7, 11) is -2.22. The largest absolute Gasteiger partial charge is 0.508 e. The van der Waals surface area contributed by atoms with Gasteiger partial charge in [-0.2, -0.15) is 4.31 Å².